The number of benzene rings is 3. The molecule has 3 aromatic carbocycles. The van der Waals surface area contributed by atoms with Gasteiger partial charge in [-0.25, -0.2) is 22.5 Å². The molecule has 46 heavy (non-hydrogen) atoms. The summed E-state index contributed by atoms with van der Waals surface area (Å²) in [5.41, 5.74) is -0.682. The number of rotatable bonds is 8. The van der Waals surface area contributed by atoms with Gasteiger partial charge < -0.3 is 14.4 Å². The Morgan fingerprint density at radius 3 is 2.17 bits per heavy atom. The average Bonchev–Trinajstić information content (AvgIpc) is 3.63. The van der Waals surface area contributed by atoms with Crippen LogP contribution in [0.15, 0.2) is 71.9 Å². The first-order chi connectivity index (χ1) is 21.5. The van der Waals surface area contributed by atoms with Crippen molar-refractivity contribution >= 4 is 9.84 Å². The molecule has 17 heteroatoms. The van der Waals surface area contributed by atoms with Crippen LogP contribution in [0.4, 0.5) is 30.7 Å². The first kappa shape index (κ1) is 32.6. The van der Waals surface area contributed by atoms with Gasteiger partial charge in [0.1, 0.15) is 17.4 Å². The van der Waals surface area contributed by atoms with Gasteiger partial charge in [-0.2, -0.15) is 13.2 Å². The van der Waals surface area contributed by atoms with Crippen LogP contribution >= 0.6 is 0 Å². The Kier molecular flexibility index (Phi) is 8.41. The molecule has 0 radical (unpaired) electrons. The molecule has 0 saturated carbocycles. The van der Waals surface area contributed by atoms with Gasteiger partial charge in [0.15, 0.2) is 15.5 Å². The minimum absolute atomic E-state index is 0.0585. The normalized spacial score (nSPS) is 12.5. The molecule has 0 saturated heterocycles. The lowest BCUT2D eigenvalue weighted by Gasteiger charge is -2.17. The van der Waals surface area contributed by atoms with Crippen LogP contribution in [0.3, 0.4) is 0 Å². The van der Waals surface area contributed by atoms with Gasteiger partial charge in [0.25, 0.3) is 0 Å². The van der Waals surface area contributed by atoms with Crippen molar-refractivity contribution in [1.82, 2.24) is 24.5 Å². The molecule has 2 heterocycles. The van der Waals surface area contributed by atoms with E-state index in [0.29, 0.717) is 5.56 Å². The van der Waals surface area contributed by atoms with Gasteiger partial charge >= 0.3 is 12.5 Å². The van der Waals surface area contributed by atoms with Crippen LogP contribution in [-0.4, -0.2) is 50.2 Å². The maximum absolute atomic E-state index is 15.1. The monoisotopic (exact) mass is 669 g/mol. The van der Waals surface area contributed by atoms with Gasteiger partial charge in [-0.1, -0.05) is 18.2 Å². The molecule has 2 aromatic heterocycles. The predicted octanol–water partition coefficient (Wildman–Crippen LogP) is 6.44. The molecule has 9 nitrogen and oxygen atoms in total. The number of hydrogen-bond donors (Lipinski definition) is 1. The third-order valence-electron chi connectivity index (χ3n) is 6.93. The fraction of sp³-hybridized carbons (Fsp3) is 0.207. The van der Waals surface area contributed by atoms with Crippen molar-refractivity contribution in [3.05, 3.63) is 89.9 Å². The van der Waals surface area contributed by atoms with Crippen LogP contribution in [0.1, 0.15) is 24.0 Å². The minimum Gasteiger partial charge on any atom is -0.406 e. The lowest BCUT2D eigenvalue weighted by atomic mass is 10.0. The maximum atomic E-state index is 15.1. The van der Waals surface area contributed by atoms with E-state index in [2.05, 4.69) is 20.0 Å². The number of aliphatic hydroxyl groups excluding tert-OH is 1. The molecule has 0 bridgehead atoms. The molecule has 0 atom stereocenters. The smallest absolute Gasteiger partial charge is 0.406 e. The standard InChI is InChI=1S/C29H22F7N5O4S/c1-3-46(43,44)26-12-19(10-22(30)21(26)15-42)18-6-9-23(40-14-27(28(31,32)33)38-16(40)2)24(11-18)41-25(13-37-39-41)17-4-7-20(8-5-17)45-29(34,35)36/h4-14,42H,3,15H2,1-2H3. The van der Waals surface area contributed by atoms with E-state index < -0.39 is 56.7 Å². The largest absolute Gasteiger partial charge is 0.573 e. The summed E-state index contributed by atoms with van der Waals surface area (Å²) in [5.74, 6) is -1.95. The Morgan fingerprint density at radius 2 is 1.59 bits per heavy atom. The number of sulfone groups is 1. The highest BCUT2D eigenvalue weighted by atomic mass is 32.2. The lowest BCUT2D eigenvalue weighted by molar-refractivity contribution is -0.274. The zero-order chi connectivity index (χ0) is 33.6. The summed E-state index contributed by atoms with van der Waals surface area (Å²) in [4.78, 5) is 3.18. The molecule has 0 aliphatic heterocycles. The molecule has 242 valence electrons. The Balaban J connectivity index is 1.73. The molecule has 5 rings (SSSR count). The van der Waals surface area contributed by atoms with E-state index in [0.717, 1.165) is 29.0 Å². The molecule has 0 fully saturated rings. The molecule has 5 aromatic rings. The van der Waals surface area contributed by atoms with Gasteiger partial charge in [-0.3, -0.25) is 0 Å². The van der Waals surface area contributed by atoms with Crippen LogP contribution in [-0.2, 0) is 22.6 Å². The van der Waals surface area contributed by atoms with E-state index in [4.69, 9.17) is 0 Å². The first-order valence-corrected chi connectivity index (χ1v) is 14.9. The van der Waals surface area contributed by atoms with E-state index in [1.165, 1.54) is 61.1 Å². The van der Waals surface area contributed by atoms with Gasteiger partial charge in [0.05, 0.1) is 40.5 Å². The van der Waals surface area contributed by atoms with Crippen molar-refractivity contribution in [3.63, 3.8) is 0 Å². The van der Waals surface area contributed by atoms with Crippen molar-refractivity contribution in [1.29, 1.82) is 0 Å². The predicted molar refractivity (Wildman–Crippen MR) is 149 cm³/mol. The number of aryl methyl sites for hydroxylation is 1. The van der Waals surface area contributed by atoms with Crippen LogP contribution in [0, 0.1) is 12.7 Å². The topological polar surface area (TPSA) is 112 Å². The van der Waals surface area contributed by atoms with E-state index in [1.807, 2.05) is 0 Å². The zero-order valence-corrected chi connectivity index (χ0v) is 24.5. The second-order valence-corrected chi connectivity index (χ2v) is 12.1. The van der Waals surface area contributed by atoms with Gasteiger partial charge in [-0.05, 0) is 66.6 Å². The summed E-state index contributed by atoms with van der Waals surface area (Å²) in [6.45, 7) is 1.80. The zero-order valence-electron chi connectivity index (χ0n) is 23.7. The average molecular weight is 670 g/mol. The van der Waals surface area contributed by atoms with Gasteiger partial charge in [0.2, 0.25) is 0 Å². The fourth-order valence-electron chi connectivity index (χ4n) is 4.73. The van der Waals surface area contributed by atoms with Crippen molar-refractivity contribution < 1.29 is 49.0 Å². The summed E-state index contributed by atoms with van der Waals surface area (Å²) in [5, 5.41) is 17.6. The summed E-state index contributed by atoms with van der Waals surface area (Å²) in [6, 6.07) is 11.1. The lowest BCUT2D eigenvalue weighted by Crippen LogP contribution is -2.16. The summed E-state index contributed by atoms with van der Waals surface area (Å²) in [7, 11) is -4.00. The molecule has 0 aliphatic rings. The Hall–Kier alpha value is -4.77. The number of nitrogens with zero attached hydrogens (tertiary/aromatic N) is 5. The van der Waals surface area contributed by atoms with Crippen LogP contribution in [0.25, 0.3) is 33.8 Å². The second kappa shape index (κ2) is 11.9. The third-order valence-corrected chi connectivity index (χ3v) is 8.72. The molecular weight excluding hydrogens is 647 g/mol. The minimum atomic E-state index is -4.93. The molecular formula is C29H22F7N5O4S. The number of ether oxygens (including phenoxy) is 1. The van der Waals surface area contributed by atoms with E-state index in [-0.39, 0.29) is 39.8 Å². The molecule has 1 N–H and O–H groups in total. The van der Waals surface area contributed by atoms with Crippen molar-refractivity contribution in [2.45, 2.75) is 37.9 Å². The van der Waals surface area contributed by atoms with Crippen molar-refractivity contribution in [2.24, 2.45) is 0 Å². The number of aromatic nitrogens is 5. The van der Waals surface area contributed by atoms with Crippen LogP contribution < -0.4 is 4.74 Å². The molecule has 0 unspecified atom stereocenters. The number of hydrogen-bond acceptors (Lipinski definition) is 7. The highest BCUT2D eigenvalue weighted by Gasteiger charge is 2.35. The van der Waals surface area contributed by atoms with Crippen LogP contribution in [0.5, 0.6) is 5.75 Å². The van der Waals surface area contributed by atoms with Gasteiger partial charge in [-0.15, -0.1) is 18.3 Å². The van der Waals surface area contributed by atoms with Crippen LogP contribution in [0.2, 0.25) is 0 Å². The Bertz CT molecular complexity index is 2020. The molecule has 0 spiro atoms. The highest BCUT2D eigenvalue weighted by molar-refractivity contribution is 7.91. The fourth-order valence-corrected chi connectivity index (χ4v) is 5.89. The van der Waals surface area contributed by atoms with E-state index in [1.54, 1.807) is 0 Å². The van der Waals surface area contributed by atoms with E-state index in [9.17, 15) is 39.9 Å². The summed E-state index contributed by atoms with van der Waals surface area (Å²) < 4.78 is 126. The third kappa shape index (κ3) is 6.46. The summed E-state index contributed by atoms with van der Waals surface area (Å²) >= 11 is 0. The number of halogens is 7. The highest BCUT2D eigenvalue weighted by Crippen LogP contribution is 2.36. The van der Waals surface area contributed by atoms with E-state index >= 15 is 4.39 Å². The van der Waals surface area contributed by atoms with Crippen molar-refractivity contribution in [3.8, 4) is 39.5 Å². The maximum Gasteiger partial charge on any atom is 0.573 e. The number of alkyl halides is 6. The molecule has 0 amide bonds. The molecule has 0 aliphatic carbocycles. The Morgan fingerprint density at radius 1 is 0.913 bits per heavy atom. The first-order valence-electron chi connectivity index (χ1n) is 13.2. The SMILES string of the molecule is CCS(=O)(=O)c1cc(-c2ccc(-n3cc(C(F)(F)F)nc3C)c(-n3nncc3-c3ccc(OC(F)(F)F)cc3)c2)cc(F)c1CO. The quantitative estimate of drug-likeness (QED) is 0.189. The number of aliphatic hydroxyl groups is 1. The second-order valence-electron chi connectivity index (χ2n) is 9.84. The summed E-state index contributed by atoms with van der Waals surface area (Å²) in [6.07, 6.45) is -7.68. The number of imidazole rings is 1. The Labute approximate surface area is 256 Å². The van der Waals surface area contributed by atoms with Crippen molar-refractivity contribution in [2.75, 3.05) is 5.75 Å². The van der Waals surface area contributed by atoms with Gasteiger partial charge in [0, 0.05) is 17.3 Å².